The van der Waals surface area contributed by atoms with Crippen LogP contribution < -0.4 is 0 Å². The number of thiophene rings is 1. The summed E-state index contributed by atoms with van der Waals surface area (Å²) >= 11 is 3.01. The van der Waals surface area contributed by atoms with Crippen molar-refractivity contribution in [1.82, 2.24) is 24.5 Å². The highest BCUT2D eigenvalue weighted by Gasteiger charge is 2.18. The minimum Gasteiger partial charge on any atom is -0.455 e. The molecule has 28 heavy (non-hydrogen) atoms. The summed E-state index contributed by atoms with van der Waals surface area (Å²) in [7, 11) is 1.69. The number of rotatable bonds is 7. The van der Waals surface area contributed by atoms with Gasteiger partial charge in [0.15, 0.2) is 6.61 Å². The molecule has 0 atom stereocenters. The average Bonchev–Trinajstić information content (AvgIpc) is 3.32. The Kier molecular flexibility index (Phi) is 6.30. The predicted octanol–water partition coefficient (Wildman–Crippen LogP) is 2.27. The number of aromatic nitrogens is 4. The predicted molar refractivity (Wildman–Crippen MR) is 107 cm³/mol. The van der Waals surface area contributed by atoms with E-state index in [1.807, 2.05) is 37.6 Å². The highest BCUT2D eigenvalue weighted by Crippen LogP contribution is 2.17. The van der Waals surface area contributed by atoms with Crippen LogP contribution in [0.3, 0.4) is 0 Å². The minimum atomic E-state index is -0.476. The second-order valence-electron chi connectivity index (χ2n) is 6.24. The summed E-state index contributed by atoms with van der Waals surface area (Å²) < 4.78 is 6.82. The lowest BCUT2D eigenvalue weighted by Crippen LogP contribution is -2.31. The van der Waals surface area contributed by atoms with Crippen LogP contribution in [0.1, 0.15) is 21.8 Å². The Bertz CT molecular complexity index is 1000. The van der Waals surface area contributed by atoms with Gasteiger partial charge in [-0.2, -0.15) is 4.98 Å². The maximum absolute atomic E-state index is 12.3. The lowest BCUT2D eigenvalue weighted by atomic mass is 10.1. The van der Waals surface area contributed by atoms with Gasteiger partial charge in [0.05, 0.1) is 13.0 Å². The fourth-order valence-electron chi connectivity index (χ4n) is 2.70. The largest absolute Gasteiger partial charge is 0.455 e. The Morgan fingerprint density at radius 2 is 2.11 bits per heavy atom. The van der Waals surface area contributed by atoms with Crippen molar-refractivity contribution >= 4 is 40.8 Å². The number of ether oxygens (including phenoxy) is 1. The van der Waals surface area contributed by atoms with Gasteiger partial charge in [0.2, 0.25) is 5.16 Å². The van der Waals surface area contributed by atoms with E-state index in [1.54, 1.807) is 27.8 Å². The van der Waals surface area contributed by atoms with Gasteiger partial charge < -0.3 is 9.64 Å². The van der Waals surface area contributed by atoms with Crippen molar-refractivity contribution in [3.05, 3.63) is 39.3 Å². The molecule has 0 aliphatic heterocycles. The molecule has 3 heterocycles. The number of hydrogen-bond acceptors (Lipinski definition) is 8. The lowest BCUT2D eigenvalue weighted by molar-refractivity contribution is -0.151. The molecule has 0 bridgehead atoms. The SMILES string of the molecule is CSc1nc2nc(C)c(CC(=O)OCC(=O)N(C)Cc3cccs3)c(C)n2n1. The van der Waals surface area contributed by atoms with Gasteiger partial charge in [-0.1, -0.05) is 17.8 Å². The van der Waals surface area contributed by atoms with Crippen LogP contribution in [0.25, 0.3) is 5.78 Å². The molecule has 0 unspecified atom stereocenters. The number of fused-ring (bicyclic) bond motifs is 1. The molecule has 1 amide bonds. The average molecular weight is 420 g/mol. The molecule has 0 fully saturated rings. The van der Waals surface area contributed by atoms with Crippen LogP contribution in [0.4, 0.5) is 0 Å². The summed E-state index contributed by atoms with van der Waals surface area (Å²) in [5, 5.41) is 6.95. The minimum absolute atomic E-state index is 0.0248. The third-order valence-electron chi connectivity index (χ3n) is 4.29. The van der Waals surface area contributed by atoms with Gasteiger partial charge >= 0.3 is 5.97 Å². The van der Waals surface area contributed by atoms with Crippen LogP contribution >= 0.6 is 23.1 Å². The molecule has 148 valence electrons. The number of esters is 1. The molecular weight excluding hydrogens is 398 g/mol. The second kappa shape index (κ2) is 8.70. The Balaban J connectivity index is 1.62. The van der Waals surface area contributed by atoms with E-state index in [4.69, 9.17) is 4.74 Å². The molecule has 10 heteroatoms. The highest BCUT2D eigenvalue weighted by molar-refractivity contribution is 7.98. The first-order valence-electron chi connectivity index (χ1n) is 8.58. The van der Waals surface area contributed by atoms with Crippen molar-refractivity contribution < 1.29 is 14.3 Å². The van der Waals surface area contributed by atoms with Gasteiger partial charge in [0.25, 0.3) is 11.7 Å². The Hall–Kier alpha value is -2.46. The van der Waals surface area contributed by atoms with Crippen molar-refractivity contribution in [1.29, 1.82) is 0 Å². The number of amides is 1. The van der Waals surface area contributed by atoms with E-state index >= 15 is 0 Å². The number of carbonyl (C=O) groups is 2. The smallest absolute Gasteiger partial charge is 0.310 e. The van der Waals surface area contributed by atoms with E-state index in [-0.39, 0.29) is 18.9 Å². The second-order valence-corrected chi connectivity index (χ2v) is 8.04. The fourth-order valence-corrected chi connectivity index (χ4v) is 3.80. The molecule has 0 saturated carbocycles. The molecule has 0 aliphatic carbocycles. The summed E-state index contributed by atoms with van der Waals surface area (Å²) in [4.78, 5) is 35.8. The van der Waals surface area contributed by atoms with Crippen LogP contribution in [0, 0.1) is 13.8 Å². The zero-order chi connectivity index (χ0) is 20.3. The van der Waals surface area contributed by atoms with Gasteiger partial charge in [0.1, 0.15) is 0 Å². The third-order valence-corrected chi connectivity index (χ3v) is 5.69. The zero-order valence-electron chi connectivity index (χ0n) is 16.1. The lowest BCUT2D eigenvalue weighted by Gasteiger charge is -2.16. The maximum atomic E-state index is 12.3. The Labute approximate surface area is 170 Å². The monoisotopic (exact) mass is 419 g/mol. The van der Waals surface area contributed by atoms with Crippen molar-refractivity contribution in [3.63, 3.8) is 0 Å². The topological polar surface area (TPSA) is 89.7 Å². The van der Waals surface area contributed by atoms with Crippen molar-refractivity contribution in [3.8, 4) is 0 Å². The normalized spacial score (nSPS) is 11.0. The van der Waals surface area contributed by atoms with Crippen LogP contribution in [-0.4, -0.2) is 56.3 Å². The quantitative estimate of drug-likeness (QED) is 0.429. The molecular formula is C18H21N5O3S2. The van der Waals surface area contributed by atoms with E-state index in [0.29, 0.717) is 23.2 Å². The number of likely N-dealkylation sites (N-methyl/N-ethyl adjacent to an activating group) is 1. The summed E-state index contributed by atoms with van der Waals surface area (Å²) in [6, 6.07) is 3.90. The molecule has 3 rings (SSSR count). The van der Waals surface area contributed by atoms with Gasteiger partial charge in [-0.15, -0.1) is 16.4 Å². The molecule has 3 aromatic heterocycles. The molecule has 0 spiro atoms. The number of aryl methyl sites for hydroxylation is 2. The first-order chi connectivity index (χ1) is 13.4. The van der Waals surface area contributed by atoms with Crippen LogP contribution in [0.15, 0.2) is 22.7 Å². The van der Waals surface area contributed by atoms with E-state index < -0.39 is 5.97 Å². The van der Waals surface area contributed by atoms with Crippen molar-refractivity contribution in [2.45, 2.75) is 32.0 Å². The maximum Gasteiger partial charge on any atom is 0.310 e. The molecule has 8 nitrogen and oxygen atoms in total. The molecule has 0 aliphatic rings. The Morgan fingerprint density at radius 1 is 1.32 bits per heavy atom. The molecule has 3 aromatic rings. The first-order valence-corrected chi connectivity index (χ1v) is 10.7. The van der Waals surface area contributed by atoms with E-state index in [9.17, 15) is 9.59 Å². The molecule has 0 aromatic carbocycles. The highest BCUT2D eigenvalue weighted by atomic mass is 32.2. The Morgan fingerprint density at radius 3 is 2.79 bits per heavy atom. The number of carbonyl (C=O) groups excluding carboxylic acids is 2. The van der Waals surface area contributed by atoms with Gasteiger partial charge in [0, 0.05) is 28.9 Å². The van der Waals surface area contributed by atoms with E-state index in [1.165, 1.54) is 11.8 Å². The van der Waals surface area contributed by atoms with Crippen LogP contribution in [0.2, 0.25) is 0 Å². The van der Waals surface area contributed by atoms with Gasteiger partial charge in [-0.25, -0.2) is 9.50 Å². The standard InChI is InChI=1S/C18H21N5O3S2/c1-11-14(12(2)23-17(19-11)20-18(21-23)27-4)8-16(25)26-10-15(24)22(3)9-13-6-5-7-28-13/h5-7H,8-10H2,1-4H3. The fraction of sp³-hybridized carbons (Fsp3) is 0.389. The third kappa shape index (κ3) is 4.50. The first kappa shape index (κ1) is 20.3. The summed E-state index contributed by atoms with van der Waals surface area (Å²) in [6.45, 7) is 3.90. The van der Waals surface area contributed by atoms with E-state index in [2.05, 4.69) is 15.1 Å². The van der Waals surface area contributed by atoms with Gasteiger partial charge in [-0.3, -0.25) is 9.59 Å². The van der Waals surface area contributed by atoms with E-state index in [0.717, 1.165) is 16.1 Å². The molecule has 0 N–H and O–H groups in total. The van der Waals surface area contributed by atoms with Crippen molar-refractivity contribution in [2.24, 2.45) is 0 Å². The summed E-state index contributed by atoms with van der Waals surface area (Å²) in [5.74, 6) is -0.220. The zero-order valence-corrected chi connectivity index (χ0v) is 17.8. The number of hydrogen-bond donors (Lipinski definition) is 0. The summed E-state index contributed by atoms with van der Waals surface area (Å²) in [6.07, 6.45) is 1.92. The van der Waals surface area contributed by atoms with Gasteiger partial charge in [-0.05, 0) is 31.5 Å². The number of thioether (sulfide) groups is 1. The number of nitrogens with zero attached hydrogens (tertiary/aromatic N) is 5. The van der Waals surface area contributed by atoms with Crippen LogP contribution in [-0.2, 0) is 27.3 Å². The van der Waals surface area contributed by atoms with Crippen LogP contribution in [0.5, 0.6) is 0 Å². The molecule has 0 radical (unpaired) electrons. The molecule has 0 saturated heterocycles. The van der Waals surface area contributed by atoms with Crippen molar-refractivity contribution in [2.75, 3.05) is 19.9 Å². The summed E-state index contributed by atoms with van der Waals surface area (Å²) in [5.41, 5.74) is 2.21.